The van der Waals surface area contributed by atoms with E-state index in [1.165, 1.54) is 34.1 Å². The average molecular weight is 348 g/mol. The zero-order chi connectivity index (χ0) is 16.7. The van der Waals surface area contributed by atoms with Crippen molar-refractivity contribution in [2.75, 3.05) is 25.2 Å². The van der Waals surface area contributed by atoms with Crippen LogP contribution in [0.2, 0.25) is 0 Å². The van der Waals surface area contributed by atoms with E-state index in [0.29, 0.717) is 15.2 Å². The van der Waals surface area contributed by atoms with Crippen molar-refractivity contribution in [3.8, 4) is 0 Å². The van der Waals surface area contributed by atoms with Gasteiger partial charge in [0.2, 0.25) is 16.9 Å². The number of nitrogens with zero attached hydrogens (tertiary/aromatic N) is 3. The second kappa shape index (κ2) is 8.44. The fourth-order valence-corrected chi connectivity index (χ4v) is 3.19. The van der Waals surface area contributed by atoms with Gasteiger partial charge in [0, 0.05) is 20.2 Å². The van der Waals surface area contributed by atoms with Crippen molar-refractivity contribution in [2.24, 2.45) is 0 Å². The van der Waals surface area contributed by atoms with Crippen LogP contribution in [0.1, 0.15) is 5.56 Å². The molecule has 0 aliphatic heterocycles. The lowest BCUT2D eigenvalue weighted by Crippen LogP contribution is -2.23. The summed E-state index contributed by atoms with van der Waals surface area (Å²) in [6, 6.07) is 9.54. The van der Waals surface area contributed by atoms with Gasteiger partial charge in [0.1, 0.15) is 0 Å². The SMILES string of the molecule is CN(C)C(=O)CSc1nnc(NC(=O)/C=C/c2ccccc2)s1. The summed E-state index contributed by atoms with van der Waals surface area (Å²) < 4.78 is 0.641. The maximum atomic E-state index is 11.8. The van der Waals surface area contributed by atoms with E-state index in [1.54, 1.807) is 20.2 Å². The fourth-order valence-electron chi connectivity index (χ4n) is 1.45. The molecule has 6 nitrogen and oxygen atoms in total. The van der Waals surface area contributed by atoms with Gasteiger partial charge in [-0.25, -0.2) is 0 Å². The van der Waals surface area contributed by atoms with Crippen molar-refractivity contribution in [3.63, 3.8) is 0 Å². The predicted octanol–water partition coefficient (Wildman–Crippen LogP) is 2.37. The Balaban J connectivity index is 1.85. The maximum Gasteiger partial charge on any atom is 0.250 e. The zero-order valence-corrected chi connectivity index (χ0v) is 14.4. The average Bonchev–Trinajstić information content (AvgIpc) is 2.99. The number of rotatable bonds is 6. The number of thioether (sulfide) groups is 1. The van der Waals surface area contributed by atoms with Gasteiger partial charge in [0.15, 0.2) is 4.34 Å². The van der Waals surface area contributed by atoms with Crippen LogP contribution < -0.4 is 5.32 Å². The summed E-state index contributed by atoms with van der Waals surface area (Å²) in [5.41, 5.74) is 0.943. The van der Waals surface area contributed by atoms with Gasteiger partial charge in [-0.15, -0.1) is 10.2 Å². The molecule has 0 aliphatic rings. The Morgan fingerprint density at radius 2 is 2.00 bits per heavy atom. The number of aromatic nitrogens is 2. The first-order valence-electron chi connectivity index (χ1n) is 6.75. The van der Waals surface area contributed by atoms with Gasteiger partial charge in [-0.3, -0.25) is 14.9 Å². The van der Waals surface area contributed by atoms with Gasteiger partial charge in [-0.2, -0.15) is 0 Å². The van der Waals surface area contributed by atoms with Gasteiger partial charge in [0.25, 0.3) is 0 Å². The first kappa shape index (κ1) is 17.2. The minimum absolute atomic E-state index is 0.00146. The summed E-state index contributed by atoms with van der Waals surface area (Å²) in [6.07, 6.45) is 3.17. The minimum Gasteiger partial charge on any atom is -0.348 e. The van der Waals surface area contributed by atoms with Crippen molar-refractivity contribution in [1.82, 2.24) is 15.1 Å². The molecule has 0 fully saturated rings. The highest BCUT2D eigenvalue weighted by Gasteiger charge is 2.10. The van der Waals surface area contributed by atoms with Crippen molar-refractivity contribution in [2.45, 2.75) is 4.34 Å². The maximum absolute atomic E-state index is 11.8. The number of carbonyl (C=O) groups is 2. The normalized spacial score (nSPS) is 10.7. The predicted molar refractivity (Wildman–Crippen MR) is 93.4 cm³/mol. The summed E-state index contributed by atoms with van der Waals surface area (Å²) >= 11 is 2.54. The smallest absolute Gasteiger partial charge is 0.250 e. The molecule has 0 atom stereocenters. The van der Waals surface area contributed by atoms with E-state index in [4.69, 9.17) is 0 Å². The quantitative estimate of drug-likeness (QED) is 0.493. The fraction of sp³-hybridized carbons (Fsp3) is 0.200. The molecule has 2 amide bonds. The lowest BCUT2D eigenvalue weighted by molar-refractivity contribution is -0.125. The van der Waals surface area contributed by atoms with Crippen LogP contribution in [0.3, 0.4) is 0 Å². The molecule has 23 heavy (non-hydrogen) atoms. The molecule has 2 aromatic rings. The molecule has 1 heterocycles. The second-order valence-corrected chi connectivity index (χ2v) is 6.88. The van der Waals surface area contributed by atoms with Gasteiger partial charge in [-0.05, 0) is 11.6 Å². The van der Waals surface area contributed by atoms with Crippen LogP contribution in [0.25, 0.3) is 6.08 Å². The number of amides is 2. The molecule has 0 bridgehead atoms. The van der Waals surface area contributed by atoms with Crippen molar-refractivity contribution in [1.29, 1.82) is 0 Å². The molecule has 2 rings (SSSR count). The molecule has 0 spiro atoms. The highest BCUT2D eigenvalue weighted by atomic mass is 32.2. The molecule has 0 unspecified atom stereocenters. The minimum atomic E-state index is -0.272. The molecule has 0 aliphatic carbocycles. The number of hydrogen-bond acceptors (Lipinski definition) is 6. The van der Waals surface area contributed by atoms with Crippen molar-refractivity contribution >= 4 is 46.1 Å². The number of hydrogen-bond donors (Lipinski definition) is 1. The van der Waals surface area contributed by atoms with Crippen LogP contribution in [-0.4, -0.2) is 46.8 Å². The van der Waals surface area contributed by atoms with Crippen molar-refractivity contribution in [3.05, 3.63) is 42.0 Å². The first-order valence-corrected chi connectivity index (χ1v) is 8.55. The standard InChI is InChI=1S/C15H16N4O2S2/c1-19(2)13(21)10-22-15-18-17-14(23-15)16-12(20)9-8-11-6-4-3-5-7-11/h3-9H,10H2,1-2H3,(H,16,17,20)/b9-8+. The largest absolute Gasteiger partial charge is 0.348 e. The van der Waals surface area contributed by atoms with Crippen LogP contribution >= 0.6 is 23.1 Å². The molecule has 8 heteroatoms. The summed E-state index contributed by atoms with van der Waals surface area (Å²) in [6.45, 7) is 0. The number of anilines is 1. The van der Waals surface area contributed by atoms with E-state index in [2.05, 4.69) is 15.5 Å². The molecule has 1 N–H and O–H groups in total. The molecule has 120 valence electrons. The Kier molecular flexibility index (Phi) is 6.30. The summed E-state index contributed by atoms with van der Waals surface area (Å²) in [7, 11) is 3.40. The summed E-state index contributed by atoms with van der Waals surface area (Å²) in [5.74, 6) is 0.0243. The molecule has 1 aromatic heterocycles. The third-order valence-electron chi connectivity index (χ3n) is 2.68. The van der Waals surface area contributed by atoms with Gasteiger partial charge < -0.3 is 4.90 Å². The molecular weight excluding hydrogens is 332 g/mol. The molecule has 1 aromatic carbocycles. The monoisotopic (exact) mass is 348 g/mol. The van der Waals surface area contributed by atoms with E-state index in [1.807, 2.05) is 30.3 Å². The van der Waals surface area contributed by atoms with E-state index in [9.17, 15) is 9.59 Å². The van der Waals surface area contributed by atoms with Crippen LogP contribution in [0.5, 0.6) is 0 Å². The molecule has 0 saturated carbocycles. The lowest BCUT2D eigenvalue weighted by Gasteiger charge is -2.07. The third-order valence-corrected chi connectivity index (χ3v) is 4.64. The summed E-state index contributed by atoms with van der Waals surface area (Å²) in [4.78, 5) is 24.8. The number of nitrogens with one attached hydrogen (secondary N) is 1. The van der Waals surface area contributed by atoms with Crippen LogP contribution in [-0.2, 0) is 9.59 Å². The number of benzene rings is 1. The van der Waals surface area contributed by atoms with Crippen LogP contribution in [0.15, 0.2) is 40.7 Å². The van der Waals surface area contributed by atoms with E-state index in [-0.39, 0.29) is 11.8 Å². The summed E-state index contributed by atoms with van der Waals surface area (Å²) in [5, 5.41) is 10.9. The van der Waals surface area contributed by atoms with Gasteiger partial charge in [-0.1, -0.05) is 53.4 Å². The van der Waals surface area contributed by atoms with E-state index >= 15 is 0 Å². The first-order chi connectivity index (χ1) is 11.0. The molecular formula is C15H16N4O2S2. The Morgan fingerprint density at radius 3 is 2.70 bits per heavy atom. The Labute approximate surface area is 142 Å². The highest BCUT2D eigenvalue weighted by molar-refractivity contribution is 8.01. The van der Waals surface area contributed by atoms with Gasteiger partial charge in [0.05, 0.1) is 5.75 Å². The second-order valence-electron chi connectivity index (χ2n) is 4.68. The lowest BCUT2D eigenvalue weighted by atomic mass is 10.2. The highest BCUT2D eigenvalue weighted by Crippen LogP contribution is 2.25. The van der Waals surface area contributed by atoms with E-state index in [0.717, 1.165) is 5.56 Å². The Bertz CT molecular complexity index is 699. The number of carbonyl (C=O) groups excluding carboxylic acids is 2. The molecule has 0 saturated heterocycles. The van der Waals surface area contributed by atoms with Crippen LogP contribution in [0, 0.1) is 0 Å². The Hall–Kier alpha value is -2.19. The zero-order valence-electron chi connectivity index (χ0n) is 12.7. The van der Waals surface area contributed by atoms with Crippen molar-refractivity contribution < 1.29 is 9.59 Å². The van der Waals surface area contributed by atoms with Gasteiger partial charge >= 0.3 is 0 Å². The third kappa shape index (κ3) is 5.84. The Morgan fingerprint density at radius 1 is 1.26 bits per heavy atom. The topological polar surface area (TPSA) is 75.2 Å². The molecule has 0 radical (unpaired) electrons. The van der Waals surface area contributed by atoms with E-state index < -0.39 is 0 Å². The van der Waals surface area contributed by atoms with Crippen LogP contribution in [0.4, 0.5) is 5.13 Å².